The number of ether oxygens (including phenoxy) is 1. The van der Waals surface area contributed by atoms with Crippen LogP contribution >= 0.6 is 0 Å². The van der Waals surface area contributed by atoms with Crippen LogP contribution in [-0.2, 0) is 16.7 Å². The van der Waals surface area contributed by atoms with E-state index in [9.17, 15) is 0 Å². The first-order valence-electron chi connectivity index (χ1n) is 9.07. The van der Waals surface area contributed by atoms with Gasteiger partial charge in [0, 0.05) is 30.3 Å². The maximum Gasteiger partial charge on any atom is 0.178 e. The Bertz CT molecular complexity index is 908. The lowest BCUT2D eigenvalue weighted by atomic mass is 9.96. The maximum absolute atomic E-state index is 5.97. The van der Waals surface area contributed by atoms with Gasteiger partial charge in [-0.05, 0) is 19.1 Å². The van der Waals surface area contributed by atoms with Crippen LogP contribution in [0.2, 0.25) is 0 Å². The SMILES string of the molecule is CCn1cc(C2CN(c3ccc4nnc(C(C)(C)C)n4n3)CCO2)cn1. The number of hydrogen-bond acceptors (Lipinski definition) is 6. The van der Waals surface area contributed by atoms with Crippen molar-refractivity contribution < 1.29 is 4.74 Å². The van der Waals surface area contributed by atoms with E-state index in [0.29, 0.717) is 6.61 Å². The third-order valence-electron chi connectivity index (χ3n) is 4.66. The third kappa shape index (κ3) is 3.05. The van der Waals surface area contributed by atoms with Gasteiger partial charge in [-0.25, -0.2) is 0 Å². The summed E-state index contributed by atoms with van der Waals surface area (Å²) < 4.78 is 9.75. The fourth-order valence-corrected chi connectivity index (χ4v) is 3.19. The summed E-state index contributed by atoms with van der Waals surface area (Å²) in [5.74, 6) is 1.78. The topological polar surface area (TPSA) is 73.4 Å². The molecule has 3 aromatic rings. The van der Waals surface area contributed by atoms with Gasteiger partial charge in [-0.3, -0.25) is 4.68 Å². The van der Waals surface area contributed by atoms with Gasteiger partial charge in [-0.2, -0.15) is 9.61 Å². The molecule has 1 saturated heterocycles. The lowest BCUT2D eigenvalue weighted by Gasteiger charge is -2.33. The van der Waals surface area contributed by atoms with Crippen molar-refractivity contribution in [2.45, 2.75) is 45.8 Å². The largest absolute Gasteiger partial charge is 0.370 e. The molecule has 3 aromatic heterocycles. The zero-order valence-corrected chi connectivity index (χ0v) is 15.8. The van der Waals surface area contributed by atoms with Crippen molar-refractivity contribution in [3.05, 3.63) is 35.9 Å². The molecule has 0 radical (unpaired) electrons. The van der Waals surface area contributed by atoms with Gasteiger partial charge in [0.25, 0.3) is 0 Å². The highest BCUT2D eigenvalue weighted by Gasteiger charge is 2.26. The van der Waals surface area contributed by atoms with E-state index in [1.165, 1.54) is 0 Å². The maximum atomic E-state index is 5.97. The summed E-state index contributed by atoms with van der Waals surface area (Å²) in [5, 5.41) is 17.7. The average molecular weight is 355 g/mol. The van der Waals surface area contributed by atoms with E-state index < -0.39 is 0 Å². The van der Waals surface area contributed by atoms with Crippen molar-refractivity contribution in [1.29, 1.82) is 0 Å². The fraction of sp³-hybridized carbons (Fsp3) is 0.556. The summed E-state index contributed by atoms with van der Waals surface area (Å²) in [6.45, 7) is 11.5. The molecule has 0 bridgehead atoms. The van der Waals surface area contributed by atoms with Gasteiger partial charge in [0.05, 0.1) is 19.3 Å². The summed E-state index contributed by atoms with van der Waals surface area (Å²) in [4.78, 5) is 2.25. The Hall–Kier alpha value is -2.48. The van der Waals surface area contributed by atoms with Gasteiger partial charge >= 0.3 is 0 Å². The van der Waals surface area contributed by atoms with E-state index in [1.807, 2.05) is 27.5 Å². The molecule has 0 spiro atoms. The monoisotopic (exact) mass is 355 g/mol. The normalized spacial score (nSPS) is 18.6. The van der Waals surface area contributed by atoms with Crippen LogP contribution < -0.4 is 4.90 Å². The van der Waals surface area contributed by atoms with Crippen LogP contribution in [0.25, 0.3) is 5.65 Å². The number of rotatable bonds is 3. The number of anilines is 1. The smallest absolute Gasteiger partial charge is 0.178 e. The molecule has 0 N–H and O–H groups in total. The van der Waals surface area contributed by atoms with Crippen LogP contribution in [0, 0.1) is 0 Å². The second kappa shape index (κ2) is 6.35. The molecule has 4 rings (SSSR count). The van der Waals surface area contributed by atoms with Gasteiger partial charge in [0.1, 0.15) is 11.9 Å². The predicted octanol–water partition coefficient (Wildman–Crippen LogP) is 2.22. The van der Waals surface area contributed by atoms with Crippen molar-refractivity contribution in [2.75, 3.05) is 24.6 Å². The molecule has 26 heavy (non-hydrogen) atoms. The standard InChI is InChI=1S/C18H25N7O/c1-5-24-11-13(10-19-24)14-12-23(8-9-26-14)16-7-6-15-20-21-17(18(2,3)4)25(15)22-16/h6-7,10-11,14H,5,8-9,12H2,1-4H3. The van der Waals surface area contributed by atoms with Crippen molar-refractivity contribution in [3.63, 3.8) is 0 Å². The third-order valence-corrected chi connectivity index (χ3v) is 4.66. The summed E-state index contributed by atoms with van der Waals surface area (Å²) in [6, 6.07) is 3.98. The Labute approximate surface area is 152 Å². The van der Waals surface area contributed by atoms with Crippen molar-refractivity contribution in [2.24, 2.45) is 0 Å². The summed E-state index contributed by atoms with van der Waals surface area (Å²) in [6.07, 6.45) is 3.96. The van der Waals surface area contributed by atoms with Crippen molar-refractivity contribution in [3.8, 4) is 0 Å². The predicted molar refractivity (Wildman–Crippen MR) is 98.3 cm³/mol. The van der Waals surface area contributed by atoms with E-state index in [0.717, 1.165) is 42.5 Å². The minimum Gasteiger partial charge on any atom is -0.370 e. The molecule has 138 valence electrons. The minimum absolute atomic E-state index is 0.00421. The highest BCUT2D eigenvalue weighted by molar-refractivity contribution is 5.46. The van der Waals surface area contributed by atoms with E-state index in [1.54, 1.807) is 0 Å². The van der Waals surface area contributed by atoms with E-state index >= 15 is 0 Å². The van der Waals surface area contributed by atoms with Crippen LogP contribution in [0.15, 0.2) is 24.5 Å². The Morgan fingerprint density at radius 1 is 1.23 bits per heavy atom. The number of aromatic nitrogens is 6. The van der Waals surface area contributed by atoms with Gasteiger partial charge in [-0.1, -0.05) is 20.8 Å². The molecule has 1 unspecified atom stereocenters. The van der Waals surface area contributed by atoms with Crippen LogP contribution in [0.4, 0.5) is 5.82 Å². The summed E-state index contributed by atoms with van der Waals surface area (Å²) >= 11 is 0. The molecule has 1 atom stereocenters. The average Bonchev–Trinajstić information content (AvgIpc) is 3.27. The van der Waals surface area contributed by atoms with E-state index in [2.05, 4.69) is 54.1 Å². The van der Waals surface area contributed by atoms with Gasteiger partial charge in [-0.15, -0.1) is 15.3 Å². The molecule has 8 nitrogen and oxygen atoms in total. The van der Waals surface area contributed by atoms with E-state index in [-0.39, 0.29) is 11.5 Å². The Balaban J connectivity index is 1.62. The Morgan fingerprint density at radius 3 is 2.81 bits per heavy atom. The van der Waals surface area contributed by atoms with Gasteiger partial charge in [0.15, 0.2) is 11.5 Å². The molecule has 1 aliphatic rings. The molecular weight excluding hydrogens is 330 g/mol. The molecule has 0 aromatic carbocycles. The van der Waals surface area contributed by atoms with E-state index in [4.69, 9.17) is 9.84 Å². The molecule has 4 heterocycles. The van der Waals surface area contributed by atoms with Crippen LogP contribution in [0.5, 0.6) is 0 Å². The lowest BCUT2D eigenvalue weighted by Crippen LogP contribution is -2.39. The minimum atomic E-state index is -0.118. The molecule has 0 saturated carbocycles. The fourth-order valence-electron chi connectivity index (χ4n) is 3.19. The van der Waals surface area contributed by atoms with Crippen molar-refractivity contribution >= 4 is 11.5 Å². The number of nitrogens with zero attached hydrogens (tertiary/aromatic N) is 7. The Kier molecular flexibility index (Phi) is 4.14. The summed E-state index contributed by atoms with van der Waals surface area (Å²) in [5.41, 5.74) is 1.76. The highest BCUT2D eigenvalue weighted by atomic mass is 16.5. The first kappa shape index (κ1) is 17.0. The first-order valence-corrected chi connectivity index (χ1v) is 9.07. The first-order chi connectivity index (χ1) is 12.5. The molecule has 8 heteroatoms. The van der Waals surface area contributed by atoms with Gasteiger partial charge < -0.3 is 9.64 Å². The number of hydrogen-bond donors (Lipinski definition) is 0. The van der Waals surface area contributed by atoms with Crippen LogP contribution in [-0.4, -0.2) is 49.3 Å². The molecule has 0 aliphatic carbocycles. The van der Waals surface area contributed by atoms with Crippen LogP contribution in [0.3, 0.4) is 0 Å². The van der Waals surface area contributed by atoms with Crippen molar-refractivity contribution in [1.82, 2.24) is 29.6 Å². The second-order valence-electron chi connectivity index (χ2n) is 7.67. The highest BCUT2D eigenvalue weighted by Crippen LogP contribution is 2.26. The zero-order chi connectivity index (χ0) is 18.3. The lowest BCUT2D eigenvalue weighted by molar-refractivity contribution is 0.0394. The Morgan fingerprint density at radius 2 is 2.08 bits per heavy atom. The zero-order valence-electron chi connectivity index (χ0n) is 15.8. The number of fused-ring (bicyclic) bond motifs is 1. The molecular formula is C18H25N7O. The molecule has 1 aliphatic heterocycles. The number of morpholine rings is 1. The number of aryl methyl sites for hydroxylation is 1. The summed E-state index contributed by atoms with van der Waals surface area (Å²) in [7, 11) is 0. The quantitative estimate of drug-likeness (QED) is 0.717. The van der Waals surface area contributed by atoms with Crippen LogP contribution in [0.1, 0.15) is 45.2 Å². The van der Waals surface area contributed by atoms with Gasteiger partial charge in [0.2, 0.25) is 0 Å². The molecule has 0 amide bonds. The molecule has 1 fully saturated rings. The second-order valence-corrected chi connectivity index (χ2v) is 7.67.